The fraction of sp³-hybridized carbons (Fsp3) is 0.800. The monoisotopic (exact) mass is 132 g/mol. The van der Waals surface area contributed by atoms with Crippen molar-refractivity contribution in [1.29, 1.82) is 0 Å². The van der Waals surface area contributed by atoms with E-state index in [-0.39, 0.29) is 12.3 Å². The Kier molecular flexibility index (Phi) is 4.00. The number of carbonyl (C=O) groups excluding carboxylic acids is 1. The molecule has 0 aromatic rings. The first-order valence-electron chi connectivity index (χ1n) is 2.84. The van der Waals surface area contributed by atoms with Gasteiger partial charge in [-0.05, 0) is 13.3 Å². The highest BCUT2D eigenvalue weighted by Crippen LogP contribution is 1.93. The van der Waals surface area contributed by atoms with E-state index in [4.69, 9.17) is 10.9 Å². The molecule has 4 N–H and O–H groups in total. The van der Waals surface area contributed by atoms with Crippen molar-refractivity contribution in [2.24, 2.45) is 5.84 Å². The second-order valence-electron chi connectivity index (χ2n) is 1.96. The predicted molar refractivity (Wildman–Crippen MR) is 33.2 cm³/mol. The summed E-state index contributed by atoms with van der Waals surface area (Å²) in [5.74, 6) is 4.54. The van der Waals surface area contributed by atoms with Crippen LogP contribution in [0.25, 0.3) is 0 Å². The van der Waals surface area contributed by atoms with E-state index in [0.29, 0.717) is 6.42 Å². The van der Waals surface area contributed by atoms with Crippen molar-refractivity contribution in [1.82, 2.24) is 5.43 Å². The Labute approximate surface area is 54.0 Å². The summed E-state index contributed by atoms with van der Waals surface area (Å²) in [5.41, 5.74) is 1.97. The molecule has 0 saturated heterocycles. The summed E-state index contributed by atoms with van der Waals surface area (Å²) in [6, 6.07) is 0. The second kappa shape index (κ2) is 4.29. The Morgan fingerprint density at radius 3 is 2.78 bits per heavy atom. The first-order valence-corrected chi connectivity index (χ1v) is 2.84. The SMILES string of the molecule is C[C@H](O)CCC(=O)NN. The molecule has 0 aliphatic heterocycles. The van der Waals surface area contributed by atoms with Gasteiger partial charge in [0.05, 0.1) is 6.10 Å². The minimum Gasteiger partial charge on any atom is -0.393 e. The standard InChI is InChI=1S/C5H12N2O2/c1-4(8)2-3-5(9)7-6/h4,8H,2-3,6H2,1H3,(H,7,9)/t4-/m0/s1. The Bertz CT molecular complexity index is 93.0. The van der Waals surface area contributed by atoms with E-state index in [1.54, 1.807) is 6.92 Å². The summed E-state index contributed by atoms with van der Waals surface area (Å²) in [4.78, 5) is 10.4. The van der Waals surface area contributed by atoms with Gasteiger partial charge in [0, 0.05) is 6.42 Å². The summed E-state index contributed by atoms with van der Waals surface area (Å²) in [7, 11) is 0. The van der Waals surface area contributed by atoms with Crippen molar-refractivity contribution in [3.63, 3.8) is 0 Å². The normalized spacial score (nSPS) is 12.8. The molecule has 0 aromatic heterocycles. The van der Waals surface area contributed by atoms with Crippen LogP contribution >= 0.6 is 0 Å². The molecular weight excluding hydrogens is 120 g/mol. The molecule has 54 valence electrons. The Hall–Kier alpha value is -0.610. The van der Waals surface area contributed by atoms with Gasteiger partial charge in [0.25, 0.3) is 0 Å². The number of rotatable bonds is 3. The molecule has 0 saturated carbocycles. The van der Waals surface area contributed by atoms with Crippen LogP contribution in [0.2, 0.25) is 0 Å². The summed E-state index contributed by atoms with van der Waals surface area (Å²) in [6.45, 7) is 1.63. The first-order chi connectivity index (χ1) is 4.16. The van der Waals surface area contributed by atoms with Crippen molar-refractivity contribution in [2.75, 3.05) is 0 Å². The van der Waals surface area contributed by atoms with Gasteiger partial charge in [0.2, 0.25) is 5.91 Å². The van der Waals surface area contributed by atoms with Crippen LogP contribution in [0.4, 0.5) is 0 Å². The predicted octanol–water partition coefficient (Wildman–Crippen LogP) is -0.863. The zero-order valence-electron chi connectivity index (χ0n) is 5.42. The Morgan fingerprint density at radius 1 is 1.89 bits per heavy atom. The van der Waals surface area contributed by atoms with Crippen LogP contribution in [0.1, 0.15) is 19.8 Å². The van der Waals surface area contributed by atoms with E-state index < -0.39 is 6.10 Å². The summed E-state index contributed by atoms with van der Waals surface area (Å²) < 4.78 is 0. The van der Waals surface area contributed by atoms with Crippen LogP contribution < -0.4 is 11.3 Å². The highest BCUT2D eigenvalue weighted by molar-refractivity contribution is 5.75. The van der Waals surface area contributed by atoms with Gasteiger partial charge in [-0.15, -0.1) is 0 Å². The molecule has 0 aliphatic rings. The summed E-state index contributed by atoms with van der Waals surface area (Å²) in [6.07, 6.45) is 0.319. The molecule has 0 aliphatic carbocycles. The molecule has 0 unspecified atom stereocenters. The van der Waals surface area contributed by atoms with Gasteiger partial charge in [-0.3, -0.25) is 10.2 Å². The number of carbonyl (C=O) groups is 1. The van der Waals surface area contributed by atoms with Gasteiger partial charge in [-0.2, -0.15) is 0 Å². The second-order valence-corrected chi connectivity index (χ2v) is 1.96. The summed E-state index contributed by atoms with van der Waals surface area (Å²) in [5, 5.41) is 8.68. The average molecular weight is 132 g/mol. The van der Waals surface area contributed by atoms with Crippen LogP contribution in [0.3, 0.4) is 0 Å². The maximum atomic E-state index is 10.4. The zero-order valence-corrected chi connectivity index (χ0v) is 5.42. The maximum Gasteiger partial charge on any atom is 0.233 e. The molecule has 0 spiro atoms. The molecule has 0 bridgehead atoms. The molecule has 1 atom stereocenters. The fourth-order valence-electron chi connectivity index (χ4n) is 0.412. The van der Waals surface area contributed by atoms with Gasteiger partial charge < -0.3 is 5.11 Å². The number of aliphatic hydroxyl groups excluding tert-OH is 1. The third-order valence-corrected chi connectivity index (χ3v) is 0.950. The van der Waals surface area contributed by atoms with E-state index in [1.807, 2.05) is 5.43 Å². The van der Waals surface area contributed by atoms with E-state index in [0.717, 1.165) is 0 Å². The molecule has 0 radical (unpaired) electrons. The highest BCUT2D eigenvalue weighted by Gasteiger charge is 2.00. The van der Waals surface area contributed by atoms with Crippen molar-refractivity contribution in [2.45, 2.75) is 25.9 Å². The van der Waals surface area contributed by atoms with Gasteiger partial charge in [0.15, 0.2) is 0 Å². The van der Waals surface area contributed by atoms with Gasteiger partial charge in [-0.1, -0.05) is 0 Å². The number of amides is 1. The third-order valence-electron chi connectivity index (χ3n) is 0.950. The molecule has 0 fully saturated rings. The lowest BCUT2D eigenvalue weighted by Crippen LogP contribution is -2.30. The summed E-state index contributed by atoms with van der Waals surface area (Å²) >= 11 is 0. The molecule has 1 amide bonds. The van der Waals surface area contributed by atoms with Crippen molar-refractivity contribution < 1.29 is 9.90 Å². The molecule has 9 heavy (non-hydrogen) atoms. The van der Waals surface area contributed by atoms with Crippen LogP contribution in [-0.4, -0.2) is 17.1 Å². The van der Waals surface area contributed by atoms with Gasteiger partial charge >= 0.3 is 0 Å². The number of nitrogens with one attached hydrogen (secondary N) is 1. The first kappa shape index (κ1) is 8.39. The number of hydrazine groups is 1. The molecular formula is C5H12N2O2. The number of aliphatic hydroxyl groups is 1. The Balaban J connectivity index is 3.17. The zero-order chi connectivity index (χ0) is 7.28. The van der Waals surface area contributed by atoms with E-state index in [1.165, 1.54) is 0 Å². The van der Waals surface area contributed by atoms with Gasteiger partial charge in [0.1, 0.15) is 0 Å². The van der Waals surface area contributed by atoms with E-state index in [9.17, 15) is 4.79 Å². The quantitative estimate of drug-likeness (QED) is 0.265. The number of hydrogen-bond donors (Lipinski definition) is 3. The van der Waals surface area contributed by atoms with Crippen molar-refractivity contribution >= 4 is 5.91 Å². The average Bonchev–Trinajstić information content (AvgIpc) is 1.83. The van der Waals surface area contributed by atoms with Gasteiger partial charge in [-0.25, -0.2) is 5.84 Å². The van der Waals surface area contributed by atoms with Crippen LogP contribution in [-0.2, 0) is 4.79 Å². The van der Waals surface area contributed by atoms with Crippen molar-refractivity contribution in [3.05, 3.63) is 0 Å². The lowest BCUT2D eigenvalue weighted by molar-refractivity contribution is -0.121. The molecule has 0 heterocycles. The number of hydrogen-bond acceptors (Lipinski definition) is 3. The van der Waals surface area contributed by atoms with Crippen LogP contribution in [0, 0.1) is 0 Å². The topological polar surface area (TPSA) is 75.3 Å². The van der Waals surface area contributed by atoms with Crippen molar-refractivity contribution in [3.8, 4) is 0 Å². The molecule has 4 nitrogen and oxygen atoms in total. The molecule has 4 heteroatoms. The largest absolute Gasteiger partial charge is 0.393 e. The molecule has 0 rings (SSSR count). The fourth-order valence-corrected chi connectivity index (χ4v) is 0.412. The number of nitrogens with two attached hydrogens (primary N) is 1. The third kappa shape index (κ3) is 5.26. The Morgan fingerprint density at radius 2 is 2.44 bits per heavy atom. The molecule has 0 aromatic carbocycles. The van der Waals surface area contributed by atoms with E-state index >= 15 is 0 Å². The minimum absolute atomic E-state index is 0.240. The van der Waals surface area contributed by atoms with Crippen LogP contribution in [0.5, 0.6) is 0 Å². The van der Waals surface area contributed by atoms with E-state index in [2.05, 4.69) is 0 Å². The minimum atomic E-state index is -0.428. The lowest BCUT2D eigenvalue weighted by atomic mass is 10.2. The lowest BCUT2D eigenvalue weighted by Gasteiger charge is -2.00. The highest BCUT2D eigenvalue weighted by atomic mass is 16.3. The van der Waals surface area contributed by atoms with Crippen LogP contribution in [0.15, 0.2) is 0 Å². The smallest absolute Gasteiger partial charge is 0.233 e. The maximum absolute atomic E-state index is 10.4.